The molecule has 15 heavy (non-hydrogen) atoms. The number of hydrogen-bond donors (Lipinski definition) is 0. The van der Waals surface area contributed by atoms with Gasteiger partial charge >= 0.3 is 10.2 Å². The minimum Gasteiger partial charge on any atom is -0.195 e. The number of thiophene rings is 1. The van der Waals surface area contributed by atoms with Crippen LogP contribution in [0, 0.1) is 0 Å². The van der Waals surface area contributed by atoms with Crippen molar-refractivity contribution >= 4 is 31.6 Å². The molecule has 0 N–H and O–H groups in total. The summed E-state index contributed by atoms with van der Waals surface area (Å²) in [7, 11) is -4.36. The lowest BCUT2D eigenvalue weighted by Gasteiger charge is -1.96. The highest BCUT2D eigenvalue weighted by molar-refractivity contribution is 7.86. The third-order valence-corrected chi connectivity index (χ3v) is 3.88. The summed E-state index contributed by atoms with van der Waals surface area (Å²) < 4.78 is 34.3. The largest absolute Gasteiger partial charge is 0.302 e. The van der Waals surface area contributed by atoms with Gasteiger partial charge in [-0.3, -0.25) is 0 Å². The lowest BCUT2D eigenvalue weighted by molar-refractivity contribution is 0.551. The lowest BCUT2D eigenvalue weighted by Crippen LogP contribution is -2.01. The second-order valence-electron chi connectivity index (χ2n) is 3.25. The SMILES string of the molecule is O=S(=O)(F)CCc1csc2ccccc12. The quantitative estimate of drug-likeness (QED) is 0.778. The van der Waals surface area contributed by atoms with Crippen molar-refractivity contribution in [2.45, 2.75) is 6.42 Å². The molecule has 0 aliphatic carbocycles. The van der Waals surface area contributed by atoms with Gasteiger partial charge in [0.05, 0.1) is 5.75 Å². The molecule has 1 aromatic carbocycles. The van der Waals surface area contributed by atoms with Crippen LogP contribution in [0.25, 0.3) is 10.1 Å². The molecule has 0 spiro atoms. The van der Waals surface area contributed by atoms with Crippen molar-refractivity contribution in [1.29, 1.82) is 0 Å². The van der Waals surface area contributed by atoms with E-state index >= 15 is 0 Å². The van der Waals surface area contributed by atoms with Gasteiger partial charge in [0.1, 0.15) is 0 Å². The monoisotopic (exact) mass is 244 g/mol. The van der Waals surface area contributed by atoms with E-state index in [1.54, 1.807) is 11.3 Å². The molecule has 0 aliphatic heterocycles. The third-order valence-electron chi connectivity index (χ3n) is 2.18. The first-order valence-corrected chi connectivity index (χ1v) is 6.87. The molecule has 0 saturated carbocycles. The summed E-state index contributed by atoms with van der Waals surface area (Å²) in [6.45, 7) is 0. The first-order chi connectivity index (χ1) is 7.06. The predicted molar refractivity (Wildman–Crippen MR) is 60.4 cm³/mol. The van der Waals surface area contributed by atoms with Crippen LogP contribution in [0.1, 0.15) is 5.56 Å². The number of benzene rings is 1. The molecule has 0 aliphatic rings. The number of rotatable bonds is 3. The third kappa shape index (κ3) is 2.54. The minimum absolute atomic E-state index is 0.239. The zero-order valence-corrected chi connectivity index (χ0v) is 9.44. The molecule has 0 fully saturated rings. The number of fused-ring (bicyclic) bond motifs is 1. The topological polar surface area (TPSA) is 34.1 Å². The molecule has 0 bridgehead atoms. The van der Waals surface area contributed by atoms with E-state index in [-0.39, 0.29) is 6.42 Å². The molecule has 0 radical (unpaired) electrons. The Kier molecular flexibility index (Phi) is 2.75. The highest BCUT2D eigenvalue weighted by Crippen LogP contribution is 2.26. The van der Waals surface area contributed by atoms with Crippen LogP contribution in [0.4, 0.5) is 3.89 Å². The Balaban J connectivity index is 2.29. The summed E-state index contributed by atoms with van der Waals surface area (Å²) in [4.78, 5) is 0. The van der Waals surface area contributed by atoms with Gasteiger partial charge in [-0.05, 0) is 28.8 Å². The smallest absolute Gasteiger partial charge is 0.195 e. The summed E-state index contributed by atoms with van der Waals surface area (Å²) in [5, 5.41) is 2.90. The lowest BCUT2D eigenvalue weighted by atomic mass is 10.1. The van der Waals surface area contributed by atoms with Gasteiger partial charge in [0, 0.05) is 4.70 Å². The van der Waals surface area contributed by atoms with Crippen LogP contribution in [0.3, 0.4) is 0 Å². The van der Waals surface area contributed by atoms with Crippen LogP contribution < -0.4 is 0 Å². The Morgan fingerprint density at radius 3 is 2.73 bits per heavy atom. The molecule has 2 nitrogen and oxygen atoms in total. The number of aryl methyl sites for hydroxylation is 1. The molecule has 0 saturated heterocycles. The van der Waals surface area contributed by atoms with Crippen LogP contribution in [0.15, 0.2) is 29.6 Å². The maximum Gasteiger partial charge on any atom is 0.302 e. The van der Waals surface area contributed by atoms with Crippen molar-refractivity contribution in [3.8, 4) is 0 Å². The van der Waals surface area contributed by atoms with E-state index in [9.17, 15) is 12.3 Å². The van der Waals surface area contributed by atoms with Gasteiger partial charge < -0.3 is 0 Å². The summed E-state index contributed by atoms with van der Waals surface area (Å²) in [5.74, 6) is -0.437. The maximum atomic E-state index is 12.4. The van der Waals surface area contributed by atoms with Crippen molar-refractivity contribution in [1.82, 2.24) is 0 Å². The van der Waals surface area contributed by atoms with Gasteiger partial charge in [-0.2, -0.15) is 8.42 Å². The van der Waals surface area contributed by atoms with E-state index in [0.29, 0.717) is 0 Å². The second kappa shape index (κ2) is 3.90. The fourth-order valence-electron chi connectivity index (χ4n) is 1.46. The summed E-state index contributed by atoms with van der Waals surface area (Å²) in [6.07, 6.45) is 0.239. The fourth-order valence-corrected chi connectivity index (χ4v) is 2.92. The van der Waals surface area contributed by atoms with Crippen LogP contribution in [-0.2, 0) is 16.6 Å². The van der Waals surface area contributed by atoms with E-state index in [0.717, 1.165) is 15.6 Å². The highest BCUT2D eigenvalue weighted by Gasteiger charge is 2.10. The van der Waals surface area contributed by atoms with Crippen molar-refractivity contribution in [2.24, 2.45) is 0 Å². The molecular weight excluding hydrogens is 235 g/mol. The van der Waals surface area contributed by atoms with E-state index in [1.807, 2.05) is 29.6 Å². The molecule has 2 rings (SSSR count). The van der Waals surface area contributed by atoms with Crippen LogP contribution in [0.2, 0.25) is 0 Å². The number of halogens is 1. The first-order valence-electron chi connectivity index (χ1n) is 4.44. The van der Waals surface area contributed by atoms with Crippen molar-refractivity contribution < 1.29 is 12.3 Å². The molecule has 5 heteroatoms. The highest BCUT2D eigenvalue weighted by atomic mass is 32.3. The molecule has 0 amide bonds. The molecule has 0 atom stereocenters. The van der Waals surface area contributed by atoms with E-state index in [2.05, 4.69) is 0 Å². The Morgan fingerprint density at radius 1 is 1.27 bits per heavy atom. The van der Waals surface area contributed by atoms with E-state index in [1.165, 1.54) is 0 Å². The van der Waals surface area contributed by atoms with Crippen molar-refractivity contribution in [2.75, 3.05) is 5.75 Å². The zero-order valence-electron chi connectivity index (χ0n) is 7.81. The Hall–Kier alpha value is -0.940. The standard InChI is InChI=1S/C10H9FO2S2/c11-15(12,13)6-5-8-7-14-10-4-2-1-3-9(8)10/h1-4,7H,5-6H2. The molecule has 0 unspecified atom stereocenters. The number of hydrogen-bond acceptors (Lipinski definition) is 3. The normalized spacial score (nSPS) is 12.1. The van der Waals surface area contributed by atoms with E-state index < -0.39 is 16.0 Å². The summed E-state index contributed by atoms with van der Waals surface area (Å²) >= 11 is 1.55. The Bertz CT molecular complexity index is 572. The van der Waals surface area contributed by atoms with E-state index in [4.69, 9.17) is 0 Å². The molecule has 1 heterocycles. The molecule has 2 aromatic rings. The van der Waals surface area contributed by atoms with Gasteiger partial charge in [0.15, 0.2) is 0 Å². The van der Waals surface area contributed by atoms with Gasteiger partial charge in [0.25, 0.3) is 0 Å². The Labute approximate surface area is 91.6 Å². The summed E-state index contributed by atoms with van der Waals surface area (Å²) in [6, 6.07) is 7.70. The summed E-state index contributed by atoms with van der Waals surface area (Å²) in [5.41, 5.74) is 0.900. The average Bonchev–Trinajstić information content (AvgIpc) is 2.57. The molecular formula is C10H9FO2S2. The zero-order chi connectivity index (χ0) is 10.9. The van der Waals surface area contributed by atoms with Gasteiger partial charge in [-0.1, -0.05) is 18.2 Å². The van der Waals surface area contributed by atoms with Crippen LogP contribution in [-0.4, -0.2) is 14.2 Å². The second-order valence-corrected chi connectivity index (χ2v) is 5.65. The van der Waals surface area contributed by atoms with Crippen LogP contribution in [0.5, 0.6) is 0 Å². The predicted octanol–water partition coefficient (Wildman–Crippen LogP) is 2.74. The maximum absolute atomic E-state index is 12.4. The van der Waals surface area contributed by atoms with Gasteiger partial charge in [-0.15, -0.1) is 15.2 Å². The van der Waals surface area contributed by atoms with Gasteiger partial charge in [0.2, 0.25) is 0 Å². The average molecular weight is 244 g/mol. The fraction of sp³-hybridized carbons (Fsp3) is 0.200. The minimum atomic E-state index is -4.36. The van der Waals surface area contributed by atoms with Crippen LogP contribution >= 0.6 is 11.3 Å². The molecule has 1 aromatic heterocycles. The van der Waals surface area contributed by atoms with Gasteiger partial charge in [-0.25, -0.2) is 0 Å². The first kappa shape index (κ1) is 10.6. The van der Waals surface area contributed by atoms with Crippen molar-refractivity contribution in [3.05, 3.63) is 35.2 Å². The molecule has 80 valence electrons. The van der Waals surface area contributed by atoms with Crippen molar-refractivity contribution in [3.63, 3.8) is 0 Å². The Morgan fingerprint density at radius 2 is 2.00 bits per heavy atom.